The van der Waals surface area contributed by atoms with Gasteiger partial charge in [-0.25, -0.2) is 8.78 Å². The van der Waals surface area contributed by atoms with Crippen molar-refractivity contribution in [2.24, 2.45) is 0 Å². The molecule has 3 heteroatoms. The number of rotatable bonds is 3. The smallest absolute Gasteiger partial charge is 0.216 e. The van der Waals surface area contributed by atoms with Crippen LogP contribution < -0.4 is 0 Å². The molecule has 0 N–H and O–H groups in total. The summed E-state index contributed by atoms with van der Waals surface area (Å²) in [6.45, 7) is 3.67. The summed E-state index contributed by atoms with van der Waals surface area (Å²) in [5.41, 5.74) is 0. The molecule has 1 radical (unpaired) electrons. The second-order valence-corrected chi connectivity index (χ2v) is 4.83. The molecule has 0 amide bonds. The van der Waals surface area contributed by atoms with E-state index in [-0.39, 0.29) is 0 Å². The van der Waals surface area contributed by atoms with Gasteiger partial charge >= 0.3 is 0 Å². The Morgan fingerprint density at radius 2 is 1.62 bits per heavy atom. The van der Waals surface area contributed by atoms with Gasteiger partial charge in [0.05, 0.1) is 0 Å². The third-order valence-corrected chi connectivity index (χ3v) is 3.65. The Morgan fingerprint density at radius 1 is 1.25 bits per heavy atom. The highest BCUT2D eigenvalue weighted by Crippen LogP contribution is 2.07. The van der Waals surface area contributed by atoms with Crippen molar-refractivity contribution in [1.29, 1.82) is 0 Å². The van der Waals surface area contributed by atoms with Gasteiger partial charge in [-0.3, -0.25) is 0 Å². The molecule has 0 spiro atoms. The minimum atomic E-state index is -2.02. The van der Waals surface area contributed by atoms with Crippen molar-refractivity contribution in [3.05, 3.63) is 0 Å². The first kappa shape index (κ1) is 8.08. The van der Waals surface area contributed by atoms with Gasteiger partial charge in [-0.2, -0.15) is 0 Å². The lowest BCUT2D eigenvalue weighted by Crippen LogP contribution is -2.20. The Hall–Kier alpha value is 0.0769. The maximum Gasteiger partial charge on any atom is 0.219 e. The van der Waals surface area contributed by atoms with E-state index in [1.807, 2.05) is 13.8 Å². The van der Waals surface area contributed by atoms with Gasteiger partial charge in [0.2, 0.25) is 6.05 Å². The minimum Gasteiger partial charge on any atom is -0.216 e. The van der Waals surface area contributed by atoms with Crippen LogP contribution >= 0.6 is 0 Å². The fourth-order valence-corrected chi connectivity index (χ4v) is 1.68. The summed E-state index contributed by atoms with van der Waals surface area (Å²) in [6.07, 6.45) is 0. The van der Waals surface area contributed by atoms with Crippen LogP contribution in [0.15, 0.2) is 0 Å². The van der Waals surface area contributed by atoms with E-state index in [0.717, 1.165) is 0 Å². The van der Waals surface area contributed by atoms with E-state index in [0.29, 0.717) is 12.1 Å². The third-order valence-electron chi connectivity index (χ3n) is 1.22. The van der Waals surface area contributed by atoms with Crippen LogP contribution in [-0.2, 0) is 0 Å². The monoisotopic (exact) mass is 137 g/mol. The van der Waals surface area contributed by atoms with Gasteiger partial charge in [0, 0.05) is 0 Å². The average molecular weight is 137 g/mol. The number of alkyl halides is 2. The van der Waals surface area contributed by atoms with Gasteiger partial charge in [0.25, 0.3) is 0 Å². The van der Waals surface area contributed by atoms with Crippen LogP contribution in [0, 0.1) is 0 Å². The first-order chi connectivity index (χ1) is 3.72. The maximum absolute atomic E-state index is 11.7. The summed E-state index contributed by atoms with van der Waals surface area (Å²) in [7, 11) is -1.27. The first-order valence-corrected chi connectivity index (χ1v) is 4.84. The van der Waals surface area contributed by atoms with Crippen LogP contribution in [0.3, 0.4) is 0 Å². The van der Waals surface area contributed by atoms with Crippen LogP contribution in [0.2, 0.25) is 12.1 Å². The largest absolute Gasteiger partial charge is 0.219 e. The number of hydrogen-bond donors (Lipinski definition) is 0. The summed E-state index contributed by atoms with van der Waals surface area (Å²) in [5, 5.41) is 0. The van der Waals surface area contributed by atoms with E-state index in [1.54, 1.807) is 0 Å². The van der Waals surface area contributed by atoms with Gasteiger partial charge < -0.3 is 0 Å². The lowest BCUT2D eigenvalue weighted by atomic mass is 10.9. The van der Waals surface area contributed by atoms with Gasteiger partial charge in [-0.1, -0.05) is 25.9 Å². The van der Waals surface area contributed by atoms with Crippen LogP contribution in [0.1, 0.15) is 13.8 Å². The van der Waals surface area contributed by atoms with E-state index in [2.05, 4.69) is 0 Å². The molecule has 0 aromatic rings. The van der Waals surface area contributed by atoms with E-state index in [1.165, 1.54) is 0 Å². The molecule has 0 unspecified atom stereocenters. The second kappa shape index (κ2) is 4.01. The maximum atomic E-state index is 11.7. The molecule has 0 atom stereocenters. The molecule has 8 heavy (non-hydrogen) atoms. The molecule has 0 bridgehead atoms. The Bertz CT molecular complexity index is 52.4. The second-order valence-electron chi connectivity index (χ2n) is 1.67. The van der Waals surface area contributed by atoms with Crippen molar-refractivity contribution in [3.8, 4) is 0 Å². The normalized spacial score (nSPS) is 11.2. The predicted molar refractivity (Wildman–Crippen MR) is 32.7 cm³/mol. The van der Waals surface area contributed by atoms with Crippen LogP contribution in [0.5, 0.6) is 0 Å². The third kappa shape index (κ3) is 2.40. The molecular formula is C5H11F2Si. The summed E-state index contributed by atoms with van der Waals surface area (Å²) in [4.78, 5) is 0. The van der Waals surface area contributed by atoms with E-state index < -0.39 is 14.8 Å². The summed E-state index contributed by atoms with van der Waals surface area (Å²) in [6, 6.07) is -0.632. The molecular weight excluding hydrogens is 126 g/mol. The van der Waals surface area contributed by atoms with Gasteiger partial charge in [0.1, 0.15) is 8.80 Å². The zero-order chi connectivity index (χ0) is 6.57. The van der Waals surface area contributed by atoms with Crippen LogP contribution in [-0.4, -0.2) is 14.8 Å². The van der Waals surface area contributed by atoms with Crippen molar-refractivity contribution < 1.29 is 8.78 Å². The zero-order valence-corrected chi connectivity index (χ0v) is 6.25. The van der Waals surface area contributed by atoms with E-state index in [9.17, 15) is 8.78 Å². The summed E-state index contributed by atoms with van der Waals surface area (Å²) < 4.78 is 23.5. The van der Waals surface area contributed by atoms with E-state index in [4.69, 9.17) is 0 Å². The Morgan fingerprint density at radius 3 is 1.62 bits per heavy atom. The molecule has 0 aliphatic rings. The van der Waals surface area contributed by atoms with Gasteiger partial charge in [-0.05, 0) is 0 Å². The first-order valence-electron chi connectivity index (χ1n) is 2.85. The lowest BCUT2D eigenvalue weighted by molar-refractivity contribution is 0.232. The SMILES string of the molecule is CC[Si](CC)C(F)F. The van der Waals surface area contributed by atoms with Crippen LogP contribution in [0.25, 0.3) is 0 Å². The molecule has 0 nitrogen and oxygen atoms in total. The molecule has 0 aromatic heterocycles. The standard InChI is InChI=1S/C5H11F2Si/c1-3-8(4-2)5(6)7/h5H,3-4H2,1-2H3. The highest BCUT2D eigenvalue weighted by molar-refractivity contribution is 6.59. The van der Waals surface area contributed by atoms with Crippen molar-refractivity contribution in [3.63, 3.8) is 0 Å². The summed E-state index contributed by atoms with van der Waals surface area (Å²) >= 11 is 0. The van der Waals surface area contributed by atoms with Crippen molar-refractivity contribution in [2.45, 2.75) is 32.0 Å². The Labute approximate surface area is 50.5 Å². The molecule has 0 aliphatic heterocycles. The molecule has 0 aromatic carbocycles. The zero-order valence-electron chi connectivity index (χ0n) is 5.25. The number of halogens is 2. The fourth-order valence-electron chi connectivity index (χ4n) is 0.559. The number of hydrogen-bond acceptors (Lipinski definition) is 0. The quantitative estimate of drug-likeness (QED) is 0.524. The minimum absolute atomic E-state index is 0.693. The molecule has 0 saturated heterocycles. The van der Waals surface area contributed by atoms with Crippen LogP contribution in [0.4, 0.5) is 8.78 Å². The topological polar surface area (TPSA) is 0 Å². The van der Waals surface area contributed by atoms with Crippen molar-refractivity contribution >= 4 is 8.80 Å². The van der Waals surface area contributed by atoms with Gasteiger partial charge in [0.15, 0.2) is 0 Å². The molecule has 0 saturated carbocycles. The van der Waals surface area contributed by atoms with Gasteiger partial charge in [-0.15, -0.1) is 0 Å². The predicted octanol–water partition coefficient (Wildman–Crippen LogP) is 2.33. The highest BCUT2D eigenvalue weighted by atomic mass is 28.3. The highest BCUT2D eigenvalue weighted by Gasteiger charge is 2.17. The van der Waals surface area contributed by atoms with E-state index >= 15 is 0 Å². The summed E-state index contributed by atoms with van der Waals surface area (Å²) in [5.74, 6) is 0. The molecule has 49 valence electrons. The Kier molecular flexibility index (Phi) is 4.04. The fraction of sp³-hybridized carbons (Fsp3) is 1.00. The van der Waals surface area contributed by atoms with Crippen molar-refractivity contribution in [1.82, 2.24) is 0 Å². The molecule has 0 heterocycles. The molecule has 0 fully saturated rings. The molecule has 0 rings (SSSR count). The molecule has 0 aliphatic carbocycles. The Balaban J connectivity index is 3.35. The lowest BCUT2D eigenvalue weighted by Gasteiger charge is -2.05. The average Bonchev–Trinajstić information content (AvgIpc) is 1.69. The van der Waals surface area contributed by atoms with Crippen molar-refractivity contribution in [2.75, 3.05) is 0 Å².